The number of methoxy groups -OCH3 is 1. The molecular weight excluding hydrogens is 216 g/mol. The van der Waals surface area contributed by atoms with Gasteiger partial charge in [-0.3, -0.25) is 0 Å². The van der Waals surface area contributed by atoms with Gasteiger partial charge >= 0.3 is 0 Å². The quantitative estimate of drug-likeness (QED) is 0.808. The molecule has 4 heteroatoms. The molecule has 0 saturated carbocycles. The van der Waals surface area contributed by atoms with Crippen molar-refractivity contribution < 1.29 is 9.84 Å². The normalized spacial score (nSPS) is 11.0. The van der Waals surface area contributed by atoms with Gasteiger partial charge in [-0.05, 0) is 31.5 Å². The van der Waals surface area contributed by atoms with E-state index in [2.05, 4.69) is 11.4 Å². The van der Waals surface area contributed by atoms with Crippen molar-refractivity contribution in [3.05, 3.63) is 29.3 Å². The zero-order chi connectivity index (χ0) is 12.9. The van der Waals surface area contributed by atoms with E-state index in [1.54, 1.807) is 33.1 Å². The summed E-state index contributed by atoms with van der Waals surface area (Å²) in [7, 11) is 1.54. The van der Waals surface area contributed by atoms with Crippen LogP contribution in [-0.4, -0.2) is 24.4 Å². The first-order valence-electron chi connectivity index (χ1n) is 5.46. The topological polar surface area (TPSA) is 65.3 Å². The summed E-state index contributed by atoms with van der Waals surface area (Å²) in [5.41, 5.74) is 0.784. The van der Waals surface area contributed by atoms with Gasteiger partial charge in [-0.25, -0.2) is 0 Å². The maximum absolute atomic E-state index is 9.54. The lowest BCUT2D eigenvalue weighted by atomic mass is 10.1. The van der Waals surface area contributed by atoms with Crippen LogP contribution in [0.15, 0.2) is 18.2 Å². The van der Waals surface area contributed by atoms with Crippen molar-refractivity contribution in [1.82, 2.24) is 5.32 Å². The first kappa shape index (κ1) is 13.5. The van der Waals surface area contributed by atoms with Crippen LogP contribution in [0.1, 0.15) is 25.0 Å². The summed E-state index contributed by atoms with van der Waals surface area (Å²) in [5, 5.41) is 21.6. The lowest BCUT2D eigenvalue weighted by Crippen LogP contribution is -2.34. The smallest absolute Gasteiger partial charge is 0.136 e. The zero-order valence-corrected chi connectivity index (χ0v) is 10.4. The Labute approximate surface area is 102 Å². The number of nitriles is 1. The van der Waals surface area contributed by atoms with Gasteiger partial charge in [-0.15, -0.1) is 0 Å². The average Bonchev–Trinajstić information content (AvgIpc) is 2.27. The standard InChI is InChI=1S/C13H18N2O2/c1-13(2,16)9-15-8-10-4-5-12(17-3)11(6-10)7-14/h4-6,15-16H,8-9H2,1-3H3. The molecule has 2 N–H and O–H groups in total. The van der Waals surface area contributed by atoms with Crippen molar-refractivity contribution in [2.45, 2.75) is 26.0 Å². The average molecular weight is 234 g/mol. The minimum absolute atomic E-state index is 0.501. The highest BCUT2D eigenvalue weighted by molar-refractivity contribution is 5.45. The third-order valence-electron chi connectivity index (χ3n) is 2.27. The van der Waals surface area contributed by atoms with Crippen LogP contribution in [0.2, 0.25) is 0 Å². The molecule has 0 amide bonds. The molecular formula is C13H18N2O2. The van der Waals surface area contributed by atoms with Crippen LogP contribution in [-0.2, 0) is 6.54 Å². The molecule has 17 heavy (non-hydrogen) atoms. The van der Waals surface area contributed by atoms with Gasteiger partial charge in [-0.1, -0.05) is 6.07 Å². The van der Waals surface area contributed by atoms with Gasteiger partial charge in [0, 0.05) is 13.1 Å². The third kappa shape index (κ3) is 4.43. The fraction of sp³-hybridized carbons (Fsp3) is 0.462. The van der Waals surface area contributed by atoms with Crippen LogP contribution in [0.3, 0.4) is 0 Å². The summed E-state index contributed by atoms with van der Waals surface area (Å²) < 4.78 is 5.07. The monoisotopic (exact) mass is 234 g/mol. The second kappa shape index (κ2) is 5.67. The Morgan fingerprint density at radius 3 is 2.71 bits per heavy atom. The Morgan fingerprint density at radius 2 is 2.18 bits per heavy atom. The molecule has 4 nitrogen and oxygen atoms in total. The van der Waals surface area contributed by atoms with Crippen LogP contribution in [0.4, 0.5) is 0 Å². The van der Waals surface area contributed by atoms with Crippen LogP contribution < -0.4 is 10.1 Å². The molecule has 1 aromatic rings. The number of hydrogen-bond donors (Lipinski definition) is 2. The van der Waals surface area contributed by atoms with Gasteiger partial charge < -0.3 is 15.2 Å². The number of aliphatic hydroxyl groups is 1. The van der Waals surface area contributed by atoms with Crippen molar-refractivity contribution >= 4 is 0 Å². The van der Waals surface area contributed by atoms with Gasteiger partial charge in [0.2, 0.25) is 0 Å². The van der Waals surface area contributed by atoms with Crippen molar-refractivity contribution in [2.75, 3.05) is 13.7 Å². The van der Waals surface area contributed by atoms with Crippen molar-refractivity contribution in [1.29, 1.82) is 5.26 Å². The molecule has 0 spiro atoms. The number of hydrogen-bond acceptors (Lipinski definition) is 4. The van der Waals surface area contributed by atoms with E-state index < -0.39 is 5.60 Å². The van der Waals surface area contributed by atoms with Gasteiger partial charge in [0.15, 0.2) is 0 Å². The molecule has 0 saturated heterocycles. The Hall–Kier alpha value is -1.57. The fourth-order valence-electron chi connectivity index (χ4n) is 1.47. The van der Waals surface area contributed by atoms with E-state index in [4.69, 9.17) is 10.00 Å². The Balaban J connectivity index is 2.65. The van der Waals surface area contributed by atoms with Crippen LogP contribution in [0.5, 0.6) is 5.75 Å². The number of nitrogens with zero attached hydrogens (tertiary/aromatic N) is 1. The fourth-order valence-corrected chi connectivity index (χ4v) is 1.47. The molecule has 1 aromatic carbocycles. The number of ether oxygens (including phenoxy) is 1. The zero-order valence-electron chi connectivity index (χ0n) is 10.4. The summed E-state index contributed by atoms with van der Waals surface area (Å²) in [5.74, 6) is 0.582. The molecule has 0 unspecified atom stereocenters. The molecule has 0 aromatic heterocycles. The van der Waals surface area contributed by atoms with Crippen LogP contribution in [0.25, 0.3) is 0 Å². The summed E-state index contributed by atoms with van der Waals surface area (Å²) in [6.45, 7) is 4.60. The first-order chi connectivity index (χ1) is 7.96. The summed E-state index contributed by atoms with van der Waals surface area (Å²) >= 11 is 0. The Kier molecular flexibility index (Phi) is 4.50. The van der Waals surface area contributed by atoms with E-state index in [0.29, 0.717) is 24.4 Å². The Morgan fingerprint density at radius 1 is 1.47 bits per heavy atom. The predicted octanol–water partition coefficient (Wildman–Crippen LogP) is 1.43. The largest absolute Gasteiger partial charge is 0.495 e. The number of rotatable bonds is 5. The van der Waals surface area contributed by atoms with E-state index in [1.165, 1.54) is 0 Å². The molecule has 0 heterocycles. The molecule has 1 rings (SSSR count). The summed E-state index contributed by atoms with van der Waals surface area (Å²) in [6, 6.07) is 7.56. The molecule has 0 radical (unpaired) electrons. The molecule has 0 aliphatic heterocycles. The van der Waals surface area contributed by atoms with Crippen LogP contribution >= 0.6 is 0 Å². The van der Waals surface area contributed by atoms with Gasteiger partial charge in [0.1, 0.15) is 11.8 Å². The van der Waals surface area contributed by atoms with Gasteiger partial charge in [0.25, 0.3) is 0 Å². The Bertz CT molecular complexity index is 416. The minimum Gasteiger partial charge on any atom is -0.495 e. The predicted molar refractivity (Wildman–Crippen MR) is 65.7 cm³/mol. The van der Waals surface area contributed by atoms with Crippen LogP contribution in [0, 0.1) is 11.3 Å². The second-order valence-corrected chi connectivity index (χ2v) is 4.56. The lowest BCUT2D eigenvalue weighted by molar-refractivity contribution is 0.0795. The SMILES string of the molecule is COc1ccc(CNCC(C)(C)O)cc1C#N. The number of nitrogens with one attached hydrogen (secondary N) is 1. The molecule has 0 fully saturated rings. The summed E-state index contributed by atoms with van der Waals surface area (Å²) in [4.78, 5) is 0. The highest BCUT2D eigenvalue weighted by Gasteiger charge is 2.11. The maximum Gasteiger partial charge on any atom is 0.136 e. The maximum atomic E-state index is 9.54. The van der Waals surface area contributed by atoms with Gasteiger partial charge in [0.05, 0.1) is 18.3 Å². The van der Waals surface area contributed by atoms with Gasteiger partial charge in [-0.2, -0.15) is 5.26 Å². The molecule has 0 atom stereocenters. The van der Waals surface area contributed by atoms with Crippen molar-refractivity contribution in [3.8, 4) is 11.8 Å². The number of benzene rings is 1. The second-order valence-electron chi connectivity index (χ2n) is 4.56. The highest BCUT2D eigenvalue weighted by Crippen LogP contribution is 2.18. The molecule has 0 aliphatic carbocycles. The molecule has 92 valence electrons. The van der Waals surface area contributed by atoms with E-state index in [0.717, 1.165) is 5.56 Å². The lowest BCUT2D eigenvalue weighted by Gasteiger charge is -2.17. The molecule has 0 bridgehead atoms. The van der Waals surface area contributed by atoms with Crippen molar-refractivity contribution in [2.24, 2.45) is 0 Å². The highest BCUT2D eigenvalue weighted by atomic mass is 16.5. The molecule has 0 aliphatic rings. The van der Waals surface area contributed by atoms with E-state index in [9.17, 15) is 5.11 Å². The van der Waals surface area contributed by atoms with E-state index in [1.807, 2.05) is 6.07 Å². The first-order valence-corrected chi connectivity index (χ1v) is 5.46. The van der Waals surface area contributed by atoms with E-state index in [-0.39, 0.29) is 0 Å². The third-order valence-corrected chi connectivity index (χ3v) is 2.27. The van der Waals surface area contributed by atoms with E-state index >= 15 is 0 Å². The summed E-state index contributed by atoms with van der Waals surface area (Å²) in [6.07, 6.45) is 0. The van der Waals surface area contributed by atoms with Crippen molar-refractivity contribution in [3.63, 3.8) is 0 Å². The minimum atomic E-state index is -0.732.